The van der Waals surface area contributed by atoms with Crippen molar-refractivity contribution in [3.05, 3.63) is 0 Å². The zero-order valence-electron chi connectivity index (χ0n) is 13.2. The van der Waals surface area contributed by atoms with Gasteiger partial charge in [0.25, 0.3) is 0 Å². The number of carbonyl (C=O) groups is 2. The van der Waals surface area contributed by atoms with Gasteiger partial charge in [0.2, 0.25) is 0 Å². The summed E-state index contributed by atoms with van der Waals surface area (Å²) in [5, 5.41) is 38.0. The number of aliphatic hydroxyl groups excluding tert-OH is 3. The molecule has 0 radical (unpaired) electrons. The molecule has 0 aromatic rings. The van der Waals surface area contributed by atoms with Gasteiger partial charge in [-0.1, -0.05) is 19.8 Å². The van der Waals surface area contributed by atoms with Crippen LogP contribution in [-0.4, -0.2) is 56.6 Å². The lowest BCUT2D eigenvalue weighted by Gasteiger charge is -2.28. The molecular formula is C14H26O8. The molecule has 3 atom stereocenters. The molecule has 0 saturated heterocycles. The first-order valence-corrected chi connectivity index (χ1v) is 7.33. The van der Waals surface area contributed by atoms with Crippen molar-refractivity contribution >= 4 is 11.9 Å². The van der Waals surface area contributed by atoms with Gasteiger partial charge in [-0.05, 0) is 26.7 Å². The zero-order chi connectivity index (χ0) is 17.3. The Hall–Kier alpha value is -1.22. The van der Waals surface area contributed by atoms with Crippen LogP contribution in [0, 0.1) is 0 Å². The molecule has 4 N–H and O–H groups in total. The summed E-state index contributed by atoms with van der Waals surface area (Å²) in [7, 11) is 0. The van der Waals surface area contributed by atoms with Crippen LogP contribution in [0.1, 0.15) is 52.9 Å². The molecule has 3 unspecified atom stereocenters. The van der Waals surface area contributed by atoms with E-state index < -0.39 is 36.2 Å². The van der Waals surface area contributed by atoms with Crippen molar-refractivity contribution in [2.24, 2.45) is 0 Å². The van der Waals surface area contributed by atoms with Gasteiger partial charge in [0, 0.05) is 0 Å². The minimum Gasteiger partial charge on any atom is -0.396 e. The molecule has 0 rings (SSSR count). The summed E-state index contributed by atoms with van der Waals surface area (Å²) in [5.41, 5.74) is 0. The fourth-order valence-electron chi connectivity index (χ4n) is 1.54. The van der Waals surface area contributed by atoms with Crippen molar-refractivity contribution < 1.29 is 39.5 Å². The quantitative estimate of drug-likeness (QED) is 0.321. The Balaban J connectivity index is 4.77. The van der Waals surface area contributed by atoms with E-state index in [9.17, 15) is 19.8 Å². The highest BCUT2D eigenvalue weighted by molar-refractivity contribution is 5.76. The van der Waals surface area contributed by atoms with E-state index >= 15 is 0 Å². The molecular weight excluding hydrogens is 296 g/mol. The van der Waals surface area contributed by atoms with E-state index in [1.807, 2.05) is 6.92 Å². The Morgan fingerprint density at radius 3 is 1.82 bits per heavy atom. The fraction of sp³-hybridized carbons (Fsp3) is 0.857. The van der Waals surface area contributed by atoms with Crippen LogP contribution in [0.2, 0.25) is 0 Å². The molecule has 8 heteroatoms. The molecule has 0 aromatic heterocycles. The zero-order valence-corrected chi connectivity index (χ0v) is 13.2. The van der Waals surface area contributed by atoms with Crippen molar-refractivity contribution in [1.82, 2.24) is 0 Å². The maximum absolute atomic E-state index is 11.4. The lowest BCUT2D eigenvalue weighted by Crippen LogP contribution is -2.44. The summed E-state index contributed by atoms with van der Waals surface area (Å²) in [4.78, 5) is 22.8. The van der Waals surface area contributed by atoms with Crippen LogP contribution in [-0.2, 0) is 19.1 Å². The van der Waals surface area contributed by atoms with E-state index in [0.29, 0.717) is 6.42 Å². The van der Waals surface area contributed by atoms with Crippen LogP contribution in [0.4, 0.5) is 0 Å². The van der Waals surface area contributed by atoms with Crippen LogP contribution in [0.5, 0.6) is 0 Å². The average molecular weight is 322 g/mol. The normalized spacial score (nSPS) is 18.0. The standard InChI is InChI=1S/C14H26O8/c1-4-5-6-11(17)7-8-14(20,21-12(18)9(2)15)22-13(19)10(3)16/h9-11,15-17,20H,4-8H2,1-3H3. The maximum atomic E-state index is 11.4. The van der Waals surface area contributed by atoms with Crippen molar-refractivity contribution in [3.63, 3.8) is 0 Å². The first kappa shape index (κ1) is 20.8. The number of esters is 2. The Morgan fingerprint density at radius 1 is 1.00 bits per heavy atom. The van der Waals surface area contributed by atoms with Crippen LogP contribution >= 0.6 is 0 Å². The predicted molar refractivity (Wildman–Crippen MR) is 75.3 cm³/mol. The summed E-state index contributed by atoms with van der Waals surface area (Å²) in [6.45, 7) is 4.20. The molecule has 0 amide bonds. The number of hydrogen-bond donors (Lipinski definition) is 4. The highest BCUT2D eigenvalue weighted by Gasteiger charge is 2.38. The van der Waals surface area contributed by atoms with Gasteiger partial charge in [0.15, 0.2) is 0 Å². The van der Waals surface area contributed by atoms with E-state index in [1.165, 1.54) is 0 Å². The summed E-state index contributed by atoms with van der Waals surface area (Å²) < 4.78 is 9.15. The van der Waals surface area contributed by atoms with Crippen molar-refractivity contribution in [1.29, 1.82) is 0 Å². The minimum atomic E-state index is -2.64. The van der Waals surface area contributed by atoms with Crippen molar-refractivity contribution in [3.8, 4) is 0 Å². The first-order chi connectivity index (χ1) is 10.1. The van der Waals surface area contributed by atoms with E-state index in [4.69, 9.17) is 10.2 Å². The minimum absolute atomic E-state index is 0.0106. The molecule has 0 aliphatic heterocycles. The molecule has 0 aliphatic carbocycles. The summed E-state index contributed by atoms with van der Waals surface area (Å²) in [6, 6.07) is 0. The predicted octanol–water partition coefficient (Wildman–Crippen LogP) is -0.188. The van der Waals surface area contributed by atoms with Gasteiger partial charge in [0.1, 0.15) is 12.2 Å². The number of ether oxygens (including phenoxy) is 2. The van der Waals surface area contributed by atoms with Gasteiger partial charge in [-0.3, -0.25) is 0 Å². The fourth-order valence-corrected chi connectivity index (χ4v) is 1.54. The molecule has 0 aromatic carbocycles. The third-order valence-corrected chi connectivity index (χ3v) is 2.89. The Morgan fingerprint density at radius 2 is 1.45 bits per heavy atom. The molecule has 0 saturated carbocycles. The third kappa shape index (κ3) is 8.28. The summed E-state index contributed by atoms with van der Waals surface area (Å²) in [5.74, 6) is -5.03. The molecule has 0 heterocycles. The molecule has 22 heavy (non-hydrogen) atoms. The molecule has 0 bridgehead atoms. The number of hydrogen-bond acceptors (Lipinski definition) is 8. The molecule has 8 nitrogen and oxygen atoms in total. The smallest absolute Gasteiger partial charge is 0.373 e. The topological polar surface area (TPSA) is 134 Å². The van der Waals surface area contributed by atoms with Gasteiger partial charge >= 0.3 is 17.9 Å². The van der Waals surface area contributed by atoms with Gasteiger partial charge < -0.3 is 29.9 Å². The highest BCUT2D eigenvalue weighted by atomic mass is 16.8. The number of carbonyl (C=O) groups excluding carboxylic acids is 2. The second-order valence-electron chi connectivity index (χ2n) is 5.24. The third-order valence-electron chi connectivity index (χ3n) is 2.89. The first-order valence-electron chi connectivity index (χ1n) is 7.33. The van der Waals surface area contributed by atoms with Crippen LogP contribution in [0.3, 0.4) is 0 Å². The van der Waals surface area contributed by atoms with E-state index in [1.54, 1.807) is 0 Å². The average Bonchev–Trinajstić information content (AvgIpc) is 2.42. The number of unbranched alkanes of at least 4 members (excludes halogenated alkanes) is 1. The van der Waals surface area contributed by atoms with Crippen LogP contribution < -0.4 is 0 Å². The lowest BCUT2D eigenvalue weighted by molar-refractivity contribution is -0.334. The second-order valence-corrected chi connectivity index (χ2v) is 5.24. The Kier molecular flexibility index (Phi) is 9.19. The largest absolute Gasteiger partial charge is 0.396 e. The van der Waals surface area contributed by atoms with Gasteiger partial charge in [-0.15, -0.1) is 0 Å². The SMILES string of the molecule is CCCCC(O)CCC(O)(OC(=O)C(C)O)OC(=O)C(C)O. The Labute approximate surface area is 129 Å². The second kappa shape index (κ2) is 9.73. The number of rotatable bonds is 10. The molecule has 0 fully saturated rings. The number of aliphatic hydroxyl groups is 4. The van der Waals surface area contributed by atoms with Gasteiger partial charge in [-0.2, -0.15) is 0 Å². The van der Waals surface area contributed by atoms with Gasteiger partial charge in [0.05, 0.1) is 12.5 Å². The van der Waals surface area contributed by atoms with Gasteiger partial charge in [-0.25, -0.2) is 9.59 Å². The van der Waals surface area contributed by atoms with Crippen LogP contribution in [0.15, 0.2) is 0 Å². The van der Waals surface area contributed by atoms with Crippen LogP contribution in [0.25, 0.3) is 0 Å². The van der Waals surface area contributed by atoms with E-state index in [-0.39, 0.29) is 12.8 Å². The summed E-state index contributed by atoms with van der Waals surface area (Å²) >= 11 is 0. The highest BCUT2D eigenvalue weighted by Crippen LogP contribution is 2.21. The molecule has 0 aliphatic rings. The maximum Gasteiger partial charge on any atom is 0.373 e. The Bertz CT molecular complexity index is 331. The summed E-state index contributed by atoms with van der Waals surface area (Å²) in [6.07, 6.45) is -2.03. The lowest BCUT2D eigenvalue weighted by atomic mass is 10.1. The van der Waals surface area contributed by atoms with E-state index in [2.05, 4.69) is 9.47 Å². The van der Waals surface area contributed by atoms with E-state index in [0.717, 1.165) is 26.7 Å². The van der Waals surface area contributed by atoms with Crippen molar-refractivity contribution in [2.75, 3.05) is 0 Å². The van der Waals surface area contributed by atoms with Crippen molar-refractivity contribution in [2.45, 2.75) is 77.2 Å². The molecule has 130 valence electrons. The monoisotopic (exact) mass is 322 g/mol. The molecule has 0 spiro atoms.